The van der Waals surface area contributed by atoms with E-state index < -0.39 is 22.7 Å². The third kappa shape index (κ3) is 4.13. The Labute approximate surface area is 156 Å². The van der Waals surface area contributed by atoms with E-state index in [1.54, 1.807) is 19.1 Å². The average molecular weight is 396 g/mol. The van der Waals surface area contributed by atoms with Crippen molar-refractivity contribution in [3.05, 3.63) is 73.7 Å². The minimum absolute atomic E-state index is 0.0178. The summed E-state index contributed by atoms with van der Waals surface area (Å²) in [6.07, 6.45) is -4.59. The Balaban J connectivity index is 1.82. The van der Waals surface area contributed by atoms with Crippen LogP contribution in [0.4, 0.5) is 18.9 Å². The molecule has 0 radical (unpaired) electrons. The molecule has 0 aliphatic carbocycles. The molecule has 27 heavy (non-hydrogen) atoms. The number of thiazole rings is 1. The van der Waals surface area contributed by atoms with Crippen LogP contribution in [0.5, 0.6) is 0 Å². The average Bonchev–Trinajstić information content (AvgIpc) is 3.17. The normalized spacial score (nSPS) is 11.6. The molecule has 0 aliphatic heterocycles. The lowest BCUT2D eigenvalue weighted by molar-refractivity contribution is -0.153. The molecule has 0 spiro atoms. The number of benzene rings is 1. The van der Waals surface area contributed by atoms with Crippen LogP contribution in [0.2, 0.25) is 0 Å². The number of amides is 1. The standard InChI is InChI=1S/C18H15F3N2O3S/c1-10-3-5-12(6-4-10)22-16(24)15-11(2)23(17(25)27-15)9-13-7-8-14(26-13)18(19,20)21/h3-8H,9H2,1-2H3,(H,22,24). The molecule has 0 saturated heterocycles. The second-order valence-corrected chi connectivity index (χ2v) is 6.91. The van der Waals surface area contributed by atoms with Gasteiger partial charge in [-0.25, -0.2) is 0 Å². The van der Waals surface area contributed by atoms with Gasteiger partial charge in [0.1, 0.15) is 10.6 Å². The van der Waals surface area contributed by atoms with Crippen molar-refractivity contribution in [2.75, 3.05) is 5.32 Å². The molecule has 5 nitrogen and oxygen atoms in total. The van der Waals surface area contributed by atoms with Crippen molar-refractivity contribution in [2.45, 2.75) is 26.6 Å². The van der Waals surface area contributed by atoms with E-state index in [1.807, 2.05) is 19.1 Å². The van der Waals surface area contributed by atoms with Crippen molar-refractivity contribution in [1.82, 2.24) is 4.57 Å². The Kier molecular flexibility index (Phi) is 4.97. The van der Waals surface area contributed by atoms with Gasteiger partial charge in [0.05, 0.1) is 6.54 Å². The number of carbonyl (C=O) groups excluding carboxylic acids is 1. The zero-order valence-electron chi connectivity index (χ0n) is 14.4. The summed E-state index contributed by atoms with van der Waals surface area (Å²) in [4.78, 5) is 24.4. The summed E-state index contributed by atoms with van der Waals surface area (Å²) in [5.74, 6) is -1.60. The topological polar surface area (TPSA) is 64.2 Å². The molecule has 1 aromatic carbocycles. The summed E-state index contributed by atoms with van der Waals surface area (Å²) in [7, 11) is 0. The third-order valence-electron chi connectivity index (χ3n) is 3.91. The summed E-state index contributed by atoms with van der Waals surface area (Å²) >= 11 is 0.735. The molecule has 9 heteroatoms. The molecule has 0 saturated carbocycles. The second-order valence-electron chi connectivity index (χ2n) is 5.95. The van der Waals surface area contributed by atoms with Gasteiger partial charge < -0.3 is 9.73 Å². The van der Waals surface area contributed by atoms with Gasteiger partial charge in [-0.05, 0) is 38.1 Å². The van der Waals surface area contributed by atoms with E-state index >= 15 is 0 Å². The molecule has 0 unspecified atom stereocenters. The summed E-state index contributed by atoms with van der Waals surface area (Å²) in [5.41, 5.74) is 1.98. The third-order valence-corrected chi connectivity index (χ3v) is 4.99. The Morgan fingerprint density at radius 3 is 2.41 bits per heavy atom. The molecule has 3 aromatic rings. The molecule has 3 rings (SSSR count). The zero-order chi connectivity index (χ0) is 19.8. The largest absolute Gasteiger partial charge is 0.455 e. The molecular formula is C18H15F3N2O3S. The van der Waals surface area contributed by atoms with Gasteiger partial charge in [-0.15, -0.1) is 0 Å². The fourth-order valence-electron chi connectivity index (χ4n) is 2.47. The molecule has 142 valence electrons. The van der Waals surface area contributed by atoms with Gasteiger partial charge in [-0.1, -0.05) is 29.0 Å². The number of hydrogen-bond acceptors (Lipinski definition) is 4. The number of carbonyl (C=O) groups is 1. The maximum absolute atomic E-state index is 12.6. The number of aromatic nitrogens is 1. The van der Waals surface area contributed by atoms with E-state index in [2.05, 4.69) is 5.32 Å². The highest BCUT2D eigenvalue weighted by Crippen LogP contribution is 2.31. The van der Waals surface area contributed by atoms with E-state index in [1.165, 1.54) is 10.6 Å². The van der Waals surface area contributed by atoms with Gasteiger partial charge in [-0.2, -0.15) is 13.2 Å². The highest BCUT2D eigenvalue weighted by atomic mass is 32.1. The number of hydrogen-bond donors (Lipinski definition) is 1. The van der Waals surface area contributed by atoms with Crippen LogP contribution in [0.25, 0.3) is 0 Å². The van der Waals surface area contributed by atoms with E-state index in [0.29, 0.717) is 11.4 Å². The predicted molar refractivity (Wildman–Crippen MR) is 95.3 cm³/mol. The van der Waals surface area contributed by atoms with E-state index in [4.69, 9.17) is 4.42 Å². The number of nitrogens with zero attached hydrogens (tertiary/aromatic N) is 1. The number of aryl methyl sites for hydroxylation is 1. The molecule has 1 amide bonds. The van der Waals surface area contributed by atoms with Gasteiger partial charge in [0.25, 0.3) is 5.91 Å². The number of nitrogens with one attached hydrogen (secondary N) is 1. The maximum Gasteiger partial charge on any atom is 0.449 e. The first-order valence-electron chi connectivity index (χ1n) is 7.89. The number of halogens is 3. The fraction of sp³-hybridized carbons (Fsp3) is 0.222. The molecule has 0 aliphatic rings. The predicted octanol–water partition coefficient (Wildman–Crippen LogP) is 4.44. The Bertz CT molecular complexity index is 1030. The van der Waals surface area contributed by atoms with Crippen molar-refractivity contribution < 1.29 is 22.4 Å². The molecule has 1 N–H and O–H groups in total. The molecule has 2 aromatic heterocycles. The van der Waals surface area contributed by atoms with Gasteiger partial charge >= 0.3 is 11.0 Å². The van der Waals surface area contributed by atoms with Crippen molar-refractivity contribution >= 4 is 22.9 Å². The number of anilines is 1. The van der Waals surface area contributed by atoms with Gasteiger partial charge in [-0.3, -0.25) is 14.2 Å². The smallest absolute Gasteiger partial charge is 0.449 e. The van der Waals surface area contributed by atoms with Crippen LogP contribution in [0.15, 0.2) is 45.6 Å². The van der Waals surface area contributed by atoms with E-state index in [9.17, 15) is 22.8 Å². The van der Waals surface area contributed by atoms with E-state index in [0.717, 1.165) is 23.0 Å². The number of furan rings is 1. The van der Waals surface area contributed by atoms with Crippen LogP contribution >= 0.6 is 11.3 Å². The van der Waals surface area contributed by atoms with Crippen LogP contribution in [0, 0.1) is 13.8 Å². The molecule has 0 atom stereocenters. The van der Waals surface area contributed by atoms with Gasteiger partial charge in [0.15, 0.2) is 0 Å². The lowest BCUT2D eigenvalue weighted by atomic mass is 10.2. The molecular weight excluding hydrogens is 381 g/mol. The minimum atomic E-state index is -4.59. The van der Waals surface area contributed by atoms with Crippen LogP contribution in [0.1, 0.15) is 32.4 Å². The summed E-state index contributed by atoms with van der Waals surface area (Å²) < 4.78 is 43.9. The minimum Gasteiger partial charge on any atom is -0.455 e. The summed E-state index contributed by atoms with van der Waals surface area (Å²) in [6, 6.07) is 9.13. The van der Waals surface area contributed by atoms with Gasteiger partial charge in [0.2, 0.25) is 5.76 Å². The zero-order valence-corrected chi connectivity index (χ0v) is 15.2. The number of rotatable bonds is 4. The van der Waals surface area contributed by atoms with Crippen molar-refractivity contribution in [2.24, 2.45) is 0 Å². The maximum atomic E-state index is 12.6. The first-order chi connectivity index (χ1) is 12.6. The monoisotopic (exact) mass is 396 g/mol. The SMILES string of the molecule is Cc1ccc(NC(=O)c2sc(=O)n(Cc3ccc(C(F)(F)F)o3)c2C)cc1. The second kappa shape index (κ2) is 7.07. The van der Waals surface area contributed by atoms with Crippen molar-refractivity contribution in [3.63, 3.8) is 0 Å². The lowest BCUT2D eigenvalue weighted by Crippen LogP contribution is -2.16. The summed E-state index contributed by atoms with van der Waals surface area (Å²) in [6.45, 7) is 3.30. The number of alkyl halides is 3. The molecule has 2 heterocycles. The van der Waals surface area contributed by atoms with Crippen LogP contribution in [-0.2, 0) is 12.7 Å². The van der Waals surface area contributed by atoms with E-state index in [-0.39, 0.29) is 17.2 Å². The van der Waals surface area contributed by atoms with Crippen LogP contribution < -0.4 is 10.2 Å². The van der Waals surface area contributed by atoms with Crippen LogP contribution in [0.3, 0.4) is 0 Å². The summed E-state index contributed by atoms with van der Waals surface area (Å²) in [5, 5.41) is 2.70. The first-order valence-corrected chi connectivity index (χ1v) is 8.71. The van der Waals surface area contributed by atoms with Gasteiger partial charge in [0, 0.05) is 11.4 Å². The quantitative estimate of drug-likeness (QED) is 0.709. The Hall–Kier alpha value is -2.81. The Morgan fingerprint density at radius 1 is 1.15 bits per heavy atom. The molecule has 0 fully saturated rings. The highest BCUT2D eigenvalue weighted by Gasteiger charge is 2.34. The molecule has 0 bridgehead atoms. The van der Waals surface area contributed by atoms with Crippen LogP contribution in [-0.4, -0.2) is 10.5 Å². The fourth-order valence-corrected chi connectivity index (χ4v) is 3.35. The van der Waals surface area contributed by atoms with Crippen molar-refractivity contribution in [1.29, 1.82) is 0 Å². The Morgan fingerprint density at radius 2 is 1.81 bits per heavy atom. The van der Waals surface area contributed by atoms with Crippen molar-refractivity contribution in [3.8, 4) is 0 Å². The first kappa shape index (κ1) is 19.0. The lowest BCUT2D eigenvalue weighted by Gasteiger charge is -2.06. The highest BCUT2D eigenvalue weighted by molar-refractivity contribution is 7.11.